The molecule has 0 spiro atoms. The van der Waals surface area contributed by atoms with Crippen molar-refractivity contribution in [1.29, 1.82) is 0 Å². The third-order valence-electron chi connectivity index (χ3n) is 5.37. The fourth-order valence-electron chi connectivity index (χ4n) is 3.38. The van der Waals surface area contributed by atoms with Gasteiger partial charge in [0.25, 0.3) is 5.91 Å². The molecule has 1 saturated carbocycles. The van der Waals surface area contributed by atoms with E-state index in [-0.39, 0.29) is 24.7 Å². The molecule has 1 aliphatic rings. The van der Waals surface area contributed by atoms with Crippen molar-refractivity contribution in [3.8, 4) is 0 Å². The summed E-state index contributed by atoms with van der Waals surface area (Å²) in [6.07, 6.45) is -3.75. The van der Waals surface area contributed by atoms with E-state index in [2.05, 4.69) is 31.2 Å². The summed E-state index contributed by atoms with van der Waals surface area (Å²) in [5.41, 5.74) is -2.59. The zero-order valence-electron chi connectivity index (χ0n) is 17.1. The maximum atomic E-state index is 14.7. The van der Waals surface area contributed by atoms with Gasteiger partial charge in [-0.05, 0) is 54.8 Å². The number of alkyl halides is 3. The van der Waals surface area contributed by atoms with Crippen molar-refractivity contribution < 1.29 is 26.7 Å². The van der Waals surface area contributed by atoms with Crippen LogP contribution in [0, 0.1) is 11.6 Å². The van der Waals surface area contributed by atoms with E-state index < -0.39 is 45.5 Å². The van der Waals surface area contributed by atoms with E-state index in [1.165, 1.54) is 0 Å². The quantitative estimate of drug-likeness (QED) is 0.222. The van der Waals surface area contributed by atoms with Crippen LogP contribution in [0.25, 0.3) is 11.0 Å². The van der Waals surface area contributed by atoms with E-state index >= 15 is 0 Å². The molecule has 0 radical (unpaired) electrons. The van der Waals surface area contributed by atoms with Gasteiger partial charge in [0, 0.05) is 6.04 Å². The van der Waals surface area contributed by atoms with Gasteiger partial charge in [-0.1, -0.05) is 11.6 Å². The van der Waals surface area contributed by atoms with Crippen LogP contribution in [0.4, 0.5) is 33.5 Å². The monoisotopic (exact) mass is 551 g/mol. The minimum absolute atomic E-state index is 0.0521. The first-order valence-corrected chi connectivity index (χ1v) is 10.9. The molecule has 0 unspecified atom stereocenters. The smallest absolute Gasteiger partial charge is 0.338 e. The minimum Gasteiger partial charge on any atom is -0.338 e. The van der Waals surface area contributed by atoms with E-state index in [9.17, 15) is 26.7 Å². The highest BCUT2D eigenvalue weighted by Gasteiger charge is 2.64. The van der Waals surface area contributed by atoms with Gasteiger partial charge in [0.15, 0.2) is 17.5 Å². The molecular formula is C20H16BrClF5N5O. The molecule has 6 nitrogen and oxygen atoms in total. The number of amides is 1. The highest BCUT2D eigenvalue weighted by atomic mass is 79.9. The Morgan fingerprint density at radius 1 is 1.24 bits per heavy atom. The molecule has 33 heavy (non-hydrogen) atoms. The molecular weight excluding hydrogens is 537 g/mol. The first-order chi connectivity index (χ1) is 15.3. The number of aromatic nitrogens is 3. The minimum atomic E-state index is -4.68. The van der Waals surface area contributed by atoms with E-state index in [4.69, 9.17) is 11.6 Å². The first-order valence-electron chi connectivity index (χ1n) is 9.71. The Bertz CT molecular complexity index is 1270. The molecule has 13 heteroatoms. The number of imidazole rings is 1. The molecule has 1 aromatic carbocycles. The molecule has 0 saturated heterocycles. The van der Waals surface area contributed by atoms with Crippen LogP contribution >= 0.6 is 27.5 Å². The summed E-state index contributed by atoms with van der Waals surface area (Å²) < 4.78 is 71.0. The van der Waals surface area contributed by atoms with Gasteiger partial charge in [-0.2, -0.15) is 13.2 Å². The molecule has 1 amide bonds. The summed E-state index contributed by atoms with van der Waals surface area (Å²) in [4.78, 5) is 21.1. The lowest BCUT2D eigenvalue weighted by Crippen LogP contribution is -2.48. The van der Waals surface area contributed by atoms with Crippen molar-refractivity contribution in [3.63, 3.8) is 0 Å². The Kier molecular flexibility index (Phi) is 5.80. The molecule has 0 bridgehead atoms. The fraction of sp³-hybridized carbons (Fsp3) is 0.350. The number of hydrogen-bond acceptors (Lipinski definition) is 4. The molecule has 0 atom stereocenters. The third-order valence-corrected chi connectivity index (χ3v) is 6.14. The summed E-state index contributed by atoms with van der Waals surface area (Å²) >= 11 is 9.00. The van der Waals surface area contributed by atoms with Crippen LogP contribution in [0.2, 0.25) is 5.02 Å². The zero-order chi connectivity index (χ0) is 24.3. The summed E-state index contributed by atoms with van der Waals surface area (Å²) in [6, 6.07) is 2.43. The predicted octanol–water partition coefficient (Wildman–Crippen LogP) is 6.27. The standard InChI is InChI=1S/C20H16BrClF5N5O/c1-8(2)32-7-28-11-6-12(21)30-17(16(11)32)29-10-5-9(13(22)15(24)14(10)23)18(33)31-19(3-4-19)20(25,26)27/h5-8H,3-4H2,1-2H3,(H,29,30)(H,31,33). The second kappa shape index (κ2) is 8.08. The molecule has 2 N–H and O–H groups in total. The molecule has 4 rings (SSSR count). The second-order valence-electron chi connectivity index (χ2n) is 7.98. The number of nitrogens with one attached hydrogen (secondary N) is 2. The molecule has 1 aliphatic carbocycles. The maximum absolute atomic E-state index is 14.7. The molecule has 0 aliphatic heterocycles. The molecule has 1 fully saturated rings. The van der Waals surface area contributed by atoms with Crippen molar-refractivity contribution in [3.05, 3.63) is 45.3 Å². The van der Waals surface area contributed by atoms with Crippen molar-refractivity contribution in [1.82, 2.24) is 19.9 Å². The number of carbonyl (C=O) groups is 1. The lowest BCUT2D eigenvalue weighted by atomic mass is 10.1. The Hall–Kier alpha value is -2.47. The third kappa shape index (κ3) is 4.14. The zero-order valence-corrected chi connectivity index (χ0v) is 19.5. The SMILES string of the molecule is CC(C)n1cnc2cc(Br)nc(Nc3cc(C(=O)NC4(C(F)(F)F)CC4)c(Cl)c(F)c3F)c21. The van der Waals surface area contributed by atoms with Crippen molar-refractivity contribution in [2.45, 2.75) is 44.4 Å². The lowest BCUT2D eigenvalue weighted by Gasteiger charge is -2.21. The Morgan fingerprint density at radius 2 is 1.91 bits per heavy atom. The maximum Gasteiger partial charge on any atom is 0.411 e. The van der Waals surface area contributed by atoms with Crippen LogP contribution < -0.4 is 10.6 Å². The average Bonchev–Trinajstić information content (AvgIpc) is 3.38. The van der Waals surface area contributed by atoms with E-state index in [0.29, 0.717) is 15.6 Å². The van der Waals surface area contributed by atoms with Gasteiger partial charge in [0.05, 0.1) is 28.1 Å². The van der Waals surface area contributed by atoms with E-state index in [1.54, 1.807) is 17.0 Å². The number of benzene rings is 1. The Morgan fingerprint density at radius 3 is 2.48 bits per heavy atom. The number of nitrogens with zero attached hydrogens (tertiary/aromatic N) is 3. The van der Waals surface area contributed by atoms with Crippen molar-refractivity contribution in [2.24, 2.45) is 0 Å². The molecule has 2 heterocycles. The van der Waals surface area contributed by atoms with Crippen LogP contribution in [0.3, 0.4) is 0 Å². The van der Waals surface area contributed by atoms with Crippen LogP contribution in [-0.4, -0.2) is 32.2 Å². The van der Waals surface area contributed by atoms with Gasteiger partial charge in [-0.3, -0.25) is 4.79 Å². The molecule has 3 aromatic rings. The normalized spacial score (nSPS) is 15.2. The number of carbonyl (C=O) groups excluding carboxylic acids is 1. The lowest BCUT2D eigenvalue weighted by molar-refractivity contribution is -0.163. The molecule has 176 valence electrons. The summed E-state index contributed by atoms with van der Waals surface area (Å²) in [7, 11) is 0. The van der Waals surface area contributed by atoms with Gasteiger partial charge < -0.3 is 15.2 Å². The fourth-order valence-corrected chi connectivity index (χ4v) is 4.00. The largest absolute Gasteiger partial charge is 0.411 e. The molecule has 2 aromatic heterocycles. The van der Waals surface area contributed by atoms with Gasteiger partial charge in [0.1, 0.15) is 15.7 Å². The highest BCUT2D eigenvalue weighted by Crippen LogP contribution is 2.49. The topological polar surface area (TPSA) is 71.8 Å². The van der Waals surface area contributed by atoms with Crippen molar-refractivity contribution >= 4 is 56.0 Å². The number of pyridine rings is 1. The van der Waals surface area contributed by atoms with E-state index in [1.807, 2.05) is 19.2 Å². The summed E-state index contributed by atoms with van der Waals surface area (Å²) in [6.45, 7) is 3.76. The second-order valence-corrected chi connectivity index (χ2v) is 9.17. The van der Waals surface area contributed by atoms with Gasteiger partial charge in [0.2, 0.25) is 0 Å². The van der Waals surface area contributed by atoms with Gasteiger partial charge >= 0.3 is 6.18 Å². The van der Waals surface area contributed by atoms with Crippen LogP contribution in [0.1, 0.15) is 43.1 Å². The van der Waals surface area contributed by atoms with Crippen LogP contribution in [0.15, 0.2) is 23.1 Å². The number of anilines is 2. The number of rotatable bonds is 5. The van der Waals surface area contributed by atoms with Crippen molar-refractivity contribution in [2.75, 3.05) is 5.32 Å². The number of fused-ring (bicyclic) bond motifs is 1. The van der Waals surface area contributed by atoms with Crippen LogP contribution in [-0.2, 0) is 0 Å². The van der Waals surface area contributed by atoms with E-state index in [0.717, 1.165) is 6.07 Å². The first kappa shape index (κ1) is 23.7. The predicted molar refractivity (Wildman–Crippen MR) is 116 cm³/mol. The summed E-state index contributed by atoms with van der Waals surface area (Å²) in [5.74, 6) is -4.17. The highest BCUT2D eigenvalue weighted by molar-refractivity contribution is 9.10. The average molecular weight is 553 g/mol. The van der Waals surface area contributed by atoms with Crippen LogP contribution in [0.5, 0.6) is 0 Å². The summed E-state index contributed by atoms with van der Waals surface area (Å²) in [5, 5.41) is 3.57. The van der Waals surface area contributed by atoms with Gasteiger partial charge in [-0.25, -0.2) is 18.7 Å². The Labute approximate surface area is 197 Å². The van der Waals surface area contributed by atoms with Gasteiger partial charge in [-0.15, -0.1) is 0 Å². The number of hydrogen-bond donors (Lipinski definition) is 2. The number of halogens is 7. The Balaban J connectivity index is 1.77.